The summed E-state index contributed by atoms with van der Waals surface area (Å²) in [6.45, 7) is 3.48. The summed E-state index contributed by atoms with van der Waals surface area (Å²) >= 11 is 0. The molecule has 0 unspecified atom stereocenters. The van der Waals surface area contributed by atoms with E-state index in [-0.39, 0.29) is 29.6 Å². The van der Waals surface area contributed by atoms with E-state index in [1.807, 2.05) is 0 Å². The maximum absolute atomic E-state index is 12.5. The number of hydrogen-bond acceptors (Lipinski definition) is 3. The van der Waals surface area contributed by atoms with Crippen LogP contribution in [0.5, 0.6) is 0 Å². The maximum Gasteiger partial charge on any atom is 0.327 e. The van der Waals surface area contributed by atoms with Crippen molar-refractivity contribution in [3.8, 4) is 0 Å². The standard InChI is InChI=1S/C14H19NO4/c1-6(2)11(14(18)19)15-12(16)9-7-3-4-8(5-7)10(9)13(15)17/h6-11H,3-5H2,1-2H3,(H,18,19)/t7-,8+,9+,10-,11-/m0/s1. The van der Waals surface area contributed by atoms with E-state index in [9.17, 15) is 19.5 Å². The van der Waals surface area contributed by atoms with Gasteiger partial charge in [0.1, 0.15) is 6.04 Å². The van der Waals surface area contributed by atoms with Crippen molar-refractivity contribution < 1.29 is 19.5 Å². The van der Waals surface area contributed by atoms with E-state index in [1.54, 1.807) is 13.8 Å². The Labute approximate surface area is 112 Å². The van der Waals surface area contributed by atoms with Crippen LogP contribution in [0.2, 0.25) is 0 Å². The highest BCUT2D eigenvalue weighted by Gasteiger charge is 2.62. The van der Waals surface area contributed by atoms with Gasteiger partial charge in [-0.05, 0) is 37.0 Å². The Morgan fingerprint density at radius 1 is 1.16 bits per heavy atom. The van der Waals surface area contributed by atoms with Gasteiger partial charge in [-0.15, -0.1) is 0 Å². The molecule has 2 saturated carbocycles. The summed E-state index contributed by atoms with van der Waals surface area (Å²) in [6.07, 6.45) is 3.00. The summed E-state index contributed by atoms with van der Waals surface area (Å²) in [5.41, 5.74) is 0. The van der Waals surface area contributed by atoms with E-state index in [1.165, 1.54) is 0 Å². The molecule has 3 rings (SSSR count). The molecule has 2 aliphatic carbocycles. The molecule has 19 heavy (non-hydrogen) atoms. The fourth-order valence-corrected chi connectivity index (χ4v) is 4.40. The van der Waals surface area contributed by atoms with Gasteiger partial charge < -0.3 is 5.11 Å². The largest absolute Gasteiger partial charge is 0.480 e. The van der Waals surface area contributed by atoms with Gasteiger partial charge in [0, 0.05) is 0 Å². The lowest BCUT2D eigenvalue weighted by Gasteiger charge is -2.27. The molecule has 1 N–H and O–H groups in total. The van der Waals surface area contributed by atoms with Gasteiger partial charge >= 0.3 is 5.97 Å². The number of carbonyl (C=O) groups excluding carboxylic acids is 2. The monoisotopic (exact) mass is 265 g/mol. The molecule has 2 bridgehead atoms. The Bertz CT molecular complexity index is 430. The van der Waals surface area contributed by atoms with E-state index in [0.29, 0.717) is 11.8 Å². The normalized spacial score (nSPS) is 38.2. The minimum Gasteiger partial charge on any atom is -0.480 e. The fraction of sp³-hybridized carbons (Fsp3) is 0.786. The average molecular weight is 265 g/mol. The van der Waals surface area contributed by atoms with Crippen molar-refractivity contribution in [2.45, 2.75) is 39.2 Å². The molecule has 0 radical (unpaired) electrons. The molecule has 1 heterocycles. The summed E-state index contributed by atoms with van der Waals surface area (Å²) in [5.74, 6) is -1.66. The highest BCUT2D eigenvalue weighted by atomic mass is 16.4. The number of rotatable bonds is 3. The molecule has 1 aliphatic heterocycles. The number of hydrogen-bond donors (Lipinski definition) is 1. The number of carboxylic acids is 1. The van der Waals surface area contributed by atoms with Crippen LogP contribution >= 0.6 is 0 Å². The van der Waals surface area contributed by atoms with E-state index in [0.717, 1.165) is 24.2 Å². The van der Waals surface area contributed by atoms with Gasteiger partial charge in [-0.3, -0.25) is 14.5 Å². The predicted octanol–water partition coefficient (Wildman–Crippen LogP) is 1.13. The molecule has 5 heteroatoms. The first kappa shape index (κ1) is 12.6. The summed E-state index contributed by atoms with van der Waals surface area (Å²) in [6, 6.07) is -1.01. The SMILES string of the molecule is CC(C)[C@@H](C(=O)O)N1C(=O)[C@@H]2[C@H]3CC[C@H](C3)[C@@H]2C1=O. The topological polar surface area (TPSA) is 74.7 Å². The third-order valence-corrected chi connectivity index (χ3v) is 5.12. The van der Waals surface area contributed by atoms with Crippen molar-refractivity contribution in [3.63, 3.8) is 0 Å². The van der Waals surface area contributed by atoms with Crippen LogP contribution in [-0.2, 0) is 14.4 Å². The Balaban J connectivity index is 1.94. The van der Waals surface area contributed by atoms with Crippen LogP contribution in [0.15, 0.2) is 0 Å². The summed E-state index contributed by atoms with van der Waals surface area (Å²) in [7, 11) is 0. The number of carboxylic acid groups (broad SMARTS) is 1. The Morgan fingerprint density at radius 3 is 2.00 bits per heavy atom. The van der Waals surface area contributed by atoms with Crippen LogP contribution in [-0.4, -0.2) is 33.8 Å². The van der Waals surface area contributed by atoms with Crippen LogP contribution in [0.25, 0.3) is 0 Å². The third kappa shape index (κ3) is 1.56. The van der Waals surface area contributed by atoms with Crippen LogP contribution in [0.1, 0.15) is 33.1 Å². The number of fused-ring (bicyclic) bond motifs is 5. The number of amides is 2. The number of imide groups is 1. The lowest BCUT2D eigenvalue weighted by Crippen LogP contribution is -2.49. The summed E-state index contributed by atoms with van der Waals surface area (Å²) in [5, 5.41) is 9.30. The molecular weight excluding hydrogens is 246 g/mol. The quantitative estimate of drug-likeness (QED) is 0.776. The fourth-order valence-electron chi connectivity index (χ4n) is 4.40. The third-order valence-electron chi connectivity index (χ3n) is 5.12. The minimum atomic E-state index is -1.08. The number of carbonyl (C=O) groups is 3. The van der Waals surface area contributed by atoms with E-state index < -0.39 is 12.0 Å². The average Bonchev–Trinajstić information content (AvgIpc) is 2.97. The molecule has 3 fully saturated rings. The lowest BCUT2D eigenvalue weighted by atomic mass is 9.81. The number of nitrogens with zero attached hydrogens (tertiary/aromatic N) is 1. The van der Waals surface area contributed by atoms with Crippen molar-refractivity contribution >= 4 is 17.8 Å². The molecule has 0 aromatic rings. The van der Waals surface area contributed by atoms with Gasteiger partial charge in [0.15, 0.2) is 0 Å². The van der Waals surface area contributed by atoms with Crippen LogP contribution < -0.4 is 0 Å². The Kier molecular flexibility index (Phi) is 2.69. The van der Waals surface area contributed by atoms with Gasteiger partial charge in [0.2, 0.25) is 11.8 Å². The maximum atomic E-state index is 12.5. The molecule has 3 aliphatic rings. The lowest BCUT2D eigenvalue weighted by molar-refractivity contribution is -0.157. The summed E-state index contributed by atoms with van der Waals surface area (Å²) < 4.78 is 0. The van der Waals surface area contributed by atoms with Crippen LogP contribution in [0.4, 0.5) is 0 Å². The molecule has 0 aromatic carbocycles. The molecular formula is C14H19NO4. The van der Waals surface area contributed by atoms with E-state index >= 15 is 0 Å². The smallest absolute Gasteiger partial charge is 0.327 e. The molecule has 0 aromatic heterocycles. The van der Waals surface area contributed by atoms with Crippen molar-refractivity contribution in [1.29, 1.82) is 0 Å². The van der Waals surface area contributed by atoms with Crippen molar-refractivity contribution in [2.75, 3.05) is 0 Å². The minimum absolute atomic E-state index is 0.230. The number of aliphatic carboxylic acids is 1. The zero-order valence-electron chi connectivity index (χ0n) is 11.2. The van der Waals surface area contributed by atoms with Gasteiger partial charge in [-0.1, -0.05) is 13.8 Å². The molecule has 5 atom stereocenters. The molecule has 5 nitrogen and oxygen atoms in total. The second-order valence-corrected chi connectivity index (χ2v) is 6.46. The molecule has 1 saturated heterocycles. The van der Waals surface area contributed by atoms with Gasteiger partial charge in [0.25, 0.3) is 0 Å². The van der Waals surface area contributed by atoms with Crippen LogP contribution in [0.3, 0.4) is 0 Å². The van der Waals surface area contributed by atoms with Gasteiger partial charge in [-0.2, -0.15) is 0 Å². The number of likely N-dealkylation sites (tertiary alicyclic amines) is 1. The first-order valence-corrected chi connectivity index (χ1v) is 7.03. The highest BCUT2D eigenvalue weighted by molar-refractivity contribution is 6.08. The highest BCUT2D eigenvalue weighted by Crippen LogP contribution is 2.56. The van der Waals surface area contributed by atoms with Crippen molar-refractivity contribution in [3.05, 3.63) is 0 Å². The van der Waals surface area contributed by atoms with E-state index in [4.69, 9.17) is 0 Å². The zero-order chi connectivity index (χ0) is 13.9. The van der Waals surface area contributed by atoms with Crippen LogP contribution in [0, 0.1) is 29.6 Å². The summed E-state index contributed by atoms with van der Waals surface area (Å²) in [4.78, 5) is 37.4. The van der Waals surface area contributed by atoms with Crippen molar-refractivity contribution in [2.24, 2.45) is 29.6 Å². The Morgan fingerprint density at radius 2 is 1.63 bits per heavy atom. The second kappa shape index (κ2) is 4.05. The first-order chi connectivity index (χ1) is 8.93. The zero-order valence-corrected chi connectivity index (χ0v) is 11.2. The second-order valence-electron chi connectivity index (χ2n) is 6.46. The molecule has 2 amide bonds. The van der Waals surface area contributed by atoms with Crippen molar-refractivity contribution in [1.82, 2.24) is 4.90 Å². The van der Waals surface area contributed by atoms with E-state index in [2.05, 4.69) is 0 Å². The van der Waals surface area contributed by atoms with Gasteiger partial charge in [-0.25, -0.2) is 4.79 Å². The first-order valence-electron chi connectivity index (χ1n) is 7.03. The predicted molar refractivity (Wildman–Crippen MR) is 65.9 cm³/mol. The Hall–Kier alpha value is -1.39. The van der Waals surface area contributed by atoms with Gasteiger partial charge in [0.05, 0.1) is 11.8 Å². The molecule has 104 valence electrons. The molecule has 0 spiro atoms.